The topological polar surface area (TPSA) is 66.6 Å². The molecule has 0 amide bonds. The third-order valence-corrected chi connectivity index (χ3v) is 5.16. The first-order valence-corrected chi connectivity index (χ1v) is 10.9. The second-order valence-electron chi connectivity index (χ2n) is 5.96. The van der Waals surface area contributed by atoms with Crippen molar-refractivity contribution in [3.05, 3.63) is 46.7 Å². The van der Waals surface area contributed by atoms with E-state index < -0.39 is 0 Å². The highest BCUT2D eigenvalue weighted by molar-refractivity contribution is 7.98. The molecule has 0 aliphatic carbocycles. The number of aromatic nitrogens is 2. The van der Waals surface area contributed by atoms with Gasteiger partial charge >= 0.3 is 0 Å². The van der Waals surface area contributed by atoms with E-state index in [1.165, 1.54) is 17.8 Å². The molecule has 0 aliphatic heterocycles. The molecule has 2 aromatic carbocycles. The molecule has 0 radical (unpaired) electrons. The van der Waals surface area contributed by atoms with Crippen LogP contribution in [0.3, 0.4) is 0 Å². The van der Waals surface area contributed by atoms with Crippen molar-refractivity contribution in [1.29, 1.82) is 0 Å². The summed E-state index contributed by atoms with van der Waals surface area (Å²) in [6, 6.07) is 8.11. The molecular weight excluding hydrogens is 431 g/mol. The Bertz CT molecular complexity index is 952. The highest BCUT2D eigenvalue weighted by Gasteiger charge is 2.19. The molecule has 0 atom stereocenters. The van der Waals surface area contributed by atoms with Crippen molar-refractivity contribution in [1.82, 2.24) is 10.2 Å². The fourth-order valence-corrected chi connectivity index (χ4v) is 3.81. The van der Waals surface area contributed by atoms with Gasteiger partial charge < -0.3 is 18.6 Å². The van der Waals surface area contributed by atoms with Crippen molar-refractivity contribution in [3.8, 4) is 28.7 Å². The van der Waals surface area contributed by atoms with Crippen molar-refractivity contribution in [2.24, 2.45) is 0 Å². The normalized spacial score (nSPS) is 10.8. The van der Waals surface area contributed by atoms with Gasteiger partial charge in [-0.25, -0.2) is 4.39 Å². The van der Waals surface area contributed by atoms with Crippen LogP contribution in [0.15, 0.2) is 40.0 Å². The number of hydrogen-bond donors (Lipinski definition) is 0. The smallest absolute Gasteiger partial charge is 0.277 e. The maximum atomic E-state index is 14.0. The quantitative estimate of drug-likeness (QED) is 0.348. The average molecular weight is 453 g/mol. The first-order chi connectivity index (χ1) is 14.6. The van der Waals surface area contributed by atoms with E-state index in [0.29, 0.717) is 64.3 Å². The number of halogens is 2. The summed E-state index contributed by atoms with van der Waals surface area (Å²) in [6.45, 7) is 7.06. The van der Waals surface area contributed by atoms with Crippen molar-refractivity contribution in [3.63, 3.8) is 0 Å². The fourth-order valence-electron chi connectivity index (χ4n) is 2.70. The summed E-state index contributed by atoms with van der Waals surface area (Å²) < 4.78 is 36.9. The maximum absolute atomic E-state index is 14.0. The van der Waals surface area contributed by atoms with Crippen LogP contribution in [0.1, 0.15) is 26.3 Å². The Hall–Kier alpha value is -2.45. The van der Waals surface area contributed by atoms with Crippen LogP contribution in [0.25, 0.3) is 11.5 Å². The van der Waals surface area contributed by atoms with Gasteiger partial charge in [-0.15, -0.1) is 10.2 Å². The monoisotopic (exact) mass is 452 g/mol. The average Bonchev–Trinajstić information content (AvgIpc) is 3.19. The van der Waals surface area contributed by atoms with Gasteiger partial charge in [0.05, 0.1) is 19.8 Å². The number of benzene rings is 2. The minimum atomic E-state index is -0.371. The SMILES string of the molecule is CCOc1cc(-c2nnc(SCc3c(F)cccc3Cl)o2)cc(OCC)c1OCC. The molecule has 0 saturated carbocycles. The standard InChI is InChI=1S/C21H22ClFN2O4S/c1-4-26-17-10-13(11-18(27-5-2)19(17)28-6-3)20-24-25-21(29-20)30-12-14-15(22)8-7-9-16(14)23/h7-11H,4-6,12H2,1-3H3. The van der Waals surface area contributed by atoms with Crippen LogP contribution in [0.5, 0.6) is 17.2 Å². The van der Waals surface area contributed by atoms with Gasteiger partial charge in [-0.1, -0.05) is 29.4 Å². The predicted molar refractivity (Wildman–Crippen MR) is 114 cm³/mol. The Morgan fingerprint density at radius 3 is 2.27 bits per heavy atom. The molecule has 6 nitrogen and oxygen atoms in total. The molecule has 1 aromatic heterocycles. The molecule has 30 heavy (non-hydrogen) atoms. The zero-order chi connectivity index (χ0) is 21.5. The summed E-state index contributed by atoms with van der Waals surface area (Å²) in [5.74, 6) is 1.79. The molecule has 3 aromatic rings. The van der Waals surface area contributed by atoms with Gasteiger partial charge in [0.1, 0.15) is 5.82 Å². The van der Waals surface area contributed by atoms with Crippen molar-refractivity contribution in [2.75, 3.05) is 19.8 Å². The van der Waals surface area contributed by atoms with Crippen LogP contribution in [0, 0.1) is 5.82 Å². The number of nitrogens with zero attached hydrogens (tertiary/aromatic N) is 2. The third-order valence-electron chi connectivity index (χ3n) is 3.96. The third kappa shape index (κ3) is 5.17. The maximum Gasteiger partial charge on any atom is 0.277 e. The lowest BCUT2D eigenvalue weighted by Gasteiger charge is -2.16. The van der Waals surface area contributed by atoms with Crippen molar-refractivity contribution >= 4 is 23.4 Å². The Morgan fingerprint density at radius 1 is 1.00 bits per heavy atom. The summed E-state index contributed by atoms with van der Waals surface area (Å²) >= 11 is 7.28. The molecule has 3 rings (SSSR count). The largest absolute Gasteiger partial charge is 0.490 e. The number of ether oxygens (including phenoxy) is 3. The number of thioether (sulfide) groups is 1. The van der Waals surface area contributed by atoms with Crippen molar-refractivity contribution in [2.45, 2.75) is 31.7 Å². The molecule has 0 aliphatic rings. The fraction of sp³-hybridized carbons (Fsp3) is 0.333. The van der Waals surface area contributed by atoms with E-state index >= 15 is 0 Å². The van der Waals surface area contributed by atoms with Gasteiger partial charge in [0.25, 0.3) is 5.22 Å². The van der Waals surface area contributed by atoms with Gasteiger partial charge in [0.15, 0.2) is 11.5 Å². The van der Waals surface area contributed by atoms with Gasteiger partial charge in [-0.05, 0) is 45.0 Å². The van der Waals surface area contributed by atoms with E-state index in [0.717, 1.165) is 0 Å². The zero-order valence-electron chi connectivity index (χ0n) is 16.9. The van der Waals surface area contributed by atoms with E-state index in [1.54, 1.807) is 24.3 Å². The van der Waals surface area contributed by atoms with Gasteiger partial charge in [0, 0.05) is 21.9 Å². The molecule has 0 spiro atoms. The minimum absolute atomic E-state index is 0.269. The van der Waals surface area contributed by atoms with Gasteiger partial charge in [-0.3, -0.25) is 0 Å². The second kappa shape index (κ2) is 10.5. The molecule has 1 heterocycles. The van der Waals surface area contributed by atoms with Crippen LogP contribution in [-0.4, -0.2) is 30.0 Å². The second-order valence-corrected chi connectivity index (χ2v) is 7.30. The van der Waals surface area contributed by atoms with Gasteiger partial charge in [0.2, 0.25) is 11.6 Å². The molecule has 0 unspecified atom stereocenters. The van der Waals surface area contributed by atoms with E-state index in [1.807, 2.05) is 20.8 Å². The van der Waals surface area contributed by atoms with Crippen LogP contribution in [0.2, 0.25) is 5.02 Å². The van der Waals surface area contributed by atoms with Gasteiger partial charge in [-0.2, -0.15) is 0 Å². The lowest BCUT2D eigenvalue weighted by molar-refractivity contribution is 0.261. The van der Waals surface area contributed by atoms with Crippen LogP contribution in [0.4, 0.5) is 4.39 Å². The number of hydrogen-bond acceptors (Lipinski definition) is 7. The molecule has 0 bridgehead atoms. The summed E-state index contributed by atoms with van der Waals surface area (Å²) in [5.41, 5.74) is 1.02. The summed E-state index contributed by atoms with van der Waals surface area (Å²) in [6.07, 6.45) is 0. The lowest BCUT2D eigenvalue weighted by Crippen LogP contribution is -2.03. The van der Waals surface area contributed by atoms with Crippen LogP contribution < -0.4 is 14.2 Å². The molecule has 9 heteroatoms. The first-order valence-electron chi connectivity index (χ1n) is 9.53. The zero-order valence-corrected chi connectivity index (χ0v) is 18.5. The summed E-state index contributed by atoms with van der Waals surface area (Å²) in [7, 11) is 0. The minimum Gasteiger partial charge on any atom is -0.490 e. The van der Waals surface area contributed by atoms with E-state index in [-0.39, 0.29) is 11.6 Å². The molecular formula is C21H22ClFN2O4S. The first kappa shape index (κ1) is 22.2. The summed E-state index contributed by atoms with van der Waals surface area (Å²) in [4.78, 5) is 0. The molecule has 0 fully saturated rings. The number of rotatable bonds is 10. The molecule has 0 N–H and O–H groups in total. The Morgan fingerprint density at radius 2 is 1.67 bits per heavy atom. The highest BCUT2D eigenvalue weighted by atomic mass is 35.5. The van der Waals surface area contributed by atoms with Crippen LogP contribution >= 0.6 is 23.4 Å². The lowest BCUT2D eigenvalue weighted by atomic mass is 10.2. The summed E-state index contributed by atoms with van der Waals surface area (Å²) in [5, 5.41) is 8.81. The van der Waals surface area contributed by atoms with Crippen molar-refractivity contribution < 1.29 is 23.0 Å². The predicted octanol–water partition coefficient (Wildman–Crippen LogP) is 6.02. The molecule has 0 saturated heterocycles. The Balaban J connectivity index is 1.86. The molecule has 160 valence electrons. The van der Waals surface area contributed by atoms with E-state index in [9.17, 15) is 4.39 Å². The highest BCUT2D eigenvalue weighted by Crippen LogP contribution is 2.42. The Kier molecular flexibility index (Phi) is 7.81. The van der Waals surface area contributed by atoms with E-state index in [2.05, 4.69) is 10.2 Å². The Labute approximate surface area is 183 Å². The van der Waals surface area contributed by atoms with Crippen LogP contribution in [-0.2, 0) is 5.75 Å². The van der Waals surface area contributed by atoms with E-state index in [4.69, 9.17) is 30.2 Å².